The van der Waals surface area contributed by atoms with Crippen LogP contribution in [-0.4, -0.2) is 48.3 Å². The van der Waals surface area contributed by atoms with Crippen molar-refractivity contribution in [2.75, 3.05) is 31.7 Å². The van der Waals surface area contributed by atoms with Crippen molar-refractivity contribution in [3.63, 3.8) is 0 Å². The molecular weight excluding hydrogens is 461 g/mol. The number of halogens is 1. The Kier molecular flexibility index (Phi) is 7.67. The lowest BCUT2D eigenvalue weighted by Crippen LogP contribution is -2.48. The molecule has 186 valence electrons. The first kappa shape index (κ1) is 25.5. The minimum atomic E-state index is -0.313. The molecule has 2 heterocycles. The normalized spacial score (nSPS) is 21.8. The zero-order valence-electron chi connectivity index (χ0n) is 21.2. The van der Waals surface area contributed by atoms with E-state index < -0.39 is 0 Å². The molecular formula is C28H34FN3O2S. The van der Waals surface area contributed by atoms with E-state index >= 15 is 4.39 Å². The second-order valence-corrected chi connectivity index (χ2v) is 10.7. The van der Waals surface area contributed by atoms with Crippen molar-refractivity contribution in [2.24, 2.45) is 4.99 Å². The molecule has 0 aromatic heterocycles. The molecule has 35 heavy (non-hydrogen) atoms. The van der Waals surface area contributed by atoms with Gasteiger partial charge in [0.2, 0.25) is 0 Å². The maximum absolute atomic E-state index is 15.4. The van der Waals surface area contributed by atoms with Crippen LogP contribution in [0.2, 0.25) is 0 Å². The highest BCUT2D eigenvalue weighted by molar-refractivity contribution is 8.18. The summed E-state index contributed by atoms with van der Waals surface area (Å²) in [5, 5.41) is 0.606. The maximum atomic E-state index is 15.4. The van der Waals surface area contributed by atoms with E-state index in [2.05, 4.69) is 32.6 Å². The van der Waals surface area contributed by atoms with E-state index in [9.17, 15) is 4.79 Å². The number of amidine groups is 1. The van der Waals surface area contributed by atoms with Crippen molar-refractivity contribution in [3.8, 4) is 0 Å². The molecule has 2 aliphatic rings. The van der Waals surface area contributed by atoms with Crippen molar-refractivity contribution in [3.05, 3.63) is 64.3 Å². The number of hydrogen-bond donors (Lipinski definition) is 0. The standard InChI is InChI=1S/C28H34FN3O2S/c1-6-32-24-17-23(29)20(15-22(24)19(2)18-28(32,3)4)16-25-26(33)31(13-10-14-34-5)27(35-25)30-21-11-8-7-9-12-21/h7-9,11-12,15-17,19H,6,10,13-14,18H2,1-5H3/b25-16+,30-27?. The Morgan fingerprint density at radius 1 is 1.26 bits per heavy atom. The summed E-state index contributed by atoms with van der Waals surface area (Å²) in [6.07, 6.45) is 3.36. The Hall–Kier alpha value is -2.64. The third-order valence-corrected chi connectivity index (χ3v) is 7.71. The number of aliphatic imine (C=N–C) groups is 1. The lowest BCUT2D eigenvalue weighted by molar-refractivity contribution is -0.122. The fourth-order valence-electron chi connectivity index (χ4n) is 5.14. The number of anilines is 1. The van der Waals surface area contributed by atoms with Gasteiger partial charge in [-0.3, -0.25) is 9.69 Å². The summed E-state index contributed by atoms with van der Waals surface area (Å²) in [4.78, 5) is 22.5. The second-order valence-electron chi connectivity index (χ2n) is 9.74. The van der Waals surface area contributed by atoms with Crippen LogP contribution in [0.5, 0.6) is 0 Å². The molecule has 7 heteroatoms. The van der Waals surface area contributed by atoms with Crippen LogP contribution in [0.1, 0.15) is 57.6 Å². The third kappa shape index (κ3) is 5.31. The van der Waals surface area contributed by atoms with Gasteiger partial charge in [-0.05, 0) is 87.2 Å². The average Bonchev–Trinajstić information content (AvgIpc) is 3.09. The molecule has 0 radical (unpaired) electrons. The molecule has 0 aliphatic carbocycles. The van der Waals surface area contributed by atoms with E-state index in [1.54, 1.807) is 24.2 Å². The number of rotatable bonds is 7. The van der Waals surface area contributed by atoms with Gasteiger partial charge in [0, 0.05) is 43.6 Å². The Bertz CT molecular complexity index is 1150. The Labute approximate surface area is 212 Å². The van der Waals surface area contributed by atoms with Crippen molar-refractivity contribution < 1.29 is 13.9 Å². The zero-order chi connectivity index (χ0) is 25.2. The molecule has 0 N–H and O–H groups in total. The molecule has 5 nitrogen and oxygen atoms in total. The summed E-state index contributed by atoms with van der Waals surface area (Å²) in [6, 6.07) is 13.1. The summed E-state index contributed by atoms with van der Waals surface area (Å²) in [6.45, 7) is 10.6. The minimum Gasteiger partial charge on any atom is -0.385 e. The van der Waals surface area contributed by atoms with Gasteiger partial charge in [-0.1, -0.05) is 25.1 Å². The molecule has 4 rings (SSSR count). The molecule has 2 aliphatic heterocycles. The molecule has 0 bridgehead atoms. The predicted octanol–water partition coefficient (Wildman–Crippen LogP) is 6.58. The van der Waals surface area contributed by atoms with Crippen LogP contribution in [0.3, 0.4) is 0 Å². The predicted molar refractivity (Wildman–Crippen MR) is 144 cm³/mol. The molecule has 1 amide bonds. The fraction of sp³-hybridized carbons (Fsp3) is 0.429. The van der Waals surface area contributed by atoms with Crippen molar-refractivity contribution >= 4 is 40.3 Å². The quantitative estimate of drug-likeness (QED) is 0.322. The van der Waals surface area contributed by atoms with Crippen LogP contribution >= 0.6 is 11.8 Å². The van der Waals surface area contributed by atoms with Crippen LogP contribution in [0.4, 0.5) is 15.8 Å². The summed E-state index contributed by atoms with van der Waals surface area (Å²) in [5.41, 5.74) is 3.27. The largest absolute Gasteiger partial charge is 0.385 e. The first-order chi connectivity index (χ1) is 16.7. The Morgan fingerprint density at radius 2 is 2.00 bits per heavy atom. The van der Waals surface area contributed by atoms with Gasteiger partial charge in [0.15, 0.2) is 5.17 Å². The number of fused-ring (bicyclic) bond motifs is 1. The smallest absolute Gasteiger partial charge is 0.266 e. The minimum absolute atomic E-state index is 0.0314. The van der Waals surface area contributed by atoms with E-state index in [-0.39, 0.29) is 17.3 Å². The van der Waals surface area contributed by atoms with Crippen LogP contribution < -0.4 is 4.90 Å². The van der Waals surface area contributed by atoms with Crippen LogP contribution in [0, 0.1) is 5.82 Å². The van der Waals surface area contributed by atoms with E-state index in [4.69, 9.17) is 9.73 Å². The molecule has 1 fully saturated rings. The number of methoxy groups -OCH3 is 1. The highest BCUT2D eigenvalue weighted by atomic mass is 32.2. The van der Waals surface area contributed by atoms with E-state index in [1.165, 1.54) is 11.8 Å². The summed E-state index contributed by atoms with van der Waals surface area (Å²) < 4.78 is 20.6. The molecule has 1 unspecified atom stereocenters. The second kappa shape index (κ2) is 10.5. The third-order valence-electron chi connectivity index (χ3n) is 6.71. The number of carbonyl (C=O) groups excluding carboxylic acids is 1. The van der Waals surface area contributed by atoms with Gasteiger partial charge in [0.05, 0.1) is 10.6 Å². The lowest BCUT2D eigenvalue weighted by Gasteiger charge is -2.47. The molecule has 2 aromatic rings. The number of carbonyl (C=O) groups is 1. The van der Waals surface area contributed by atoms with Crippen LogP contribution in [-0.2, 0) is 9.53 Å². The molecule has 0 saturated carbocycles. The van der Waals surface area contributed by atoms with Crippen molar-refractivity contribution in [1.82, 2.24) is 4.90 Å². The van der Waals surface area contributed by atoms with Crippen molar-refractivity contribution in [1.29, 1.82) is 0 Å². The molecule has 1 saturated heterocycles. The van der Waals surface area contributed by atoms with Gasteiger partial charge in [-0.15, -0.1) is 0 Å². The Balaban J connectivity index is 1.70. The highest BCUT2D eigenvalue weighted by Crippen LogP contribution is 2.44. The summed E-state index contributed by atoms with van der Waals surface area (Å²) in [5.74, 6) is -0.164. The first-order valence-electron chi connectivity index (χ1n) is 12.2. The maximum Gasteiger partial charge on any atom is 0.266 e. The summed E-state index contributed by atoms with van der Waals surface area (Å²) in [7, 11) is 1.64. The summed E-state index contributed by atoms with van der Waals surface area (Å²) >= 11 is 1.30. The van der Waals surface area contributed by atoms with Gasteiger partial charge in [-0.2, -0.15) is 0 Å². The zero-order valence-corrected chi connectivity index (χ0v) is 22.0. The number of nitrogens with zero attached hydrogens (tertiary/aromatic N) is 3. The lowest BCUT2D eigenvalue weighted by atomic mass is 9.79. The molecule has 1 atom stereocenters. The van der Waals surface area contributed by atoms with E-state index in [0.717, 1.165) is 29.9 Å². The fourth-order valence-corrected chi connectivity index (χ4v) is 6.16. The number of hydrogen-bond acceptors (Lipinski definition) is 5. The number of para-hydroxylation sites is 1. The molecule has 0 spiro atoms. The number of amides is 1. The van der Waals surface area contributed by atoms with Gasteiger partial charge < -0.3 is 9.64 Å². The van der Waals surface area contributed by atoms with Crippen LogP contribution in [0.15, 0.2) is 52.4 Å². The Morgan fingerprint density at radius 3 is 2.69 bits per heavy atom. The van der Waals surface area contributed by atoms with Crippen molar-refractivity contribution in [2.45, 2.75) is 52.0 Å². The molecule has 2 aromatic carbocycles. The first-order valence-corrected chi connectivity index (χ1v) is 13.0. The number of ether oxygens (including phenoxy) is 1. The average molecular weight is 496 g/mol. The SMILES string of the molecule is CCN1c2cc(F)c(/C=C3/SC(=Nc4ccccc4)N(CCCOC)C3=O)cc2C(C)CC1(C)C. The van der Waals surface area contributed by atoms with Gasteiger partial charge in [-0.25, -0.2) is 9.38 Å². The van der Waals surface area contributed by atoms with Gasteiger partial charge in [0.25, 0.3) is 5.91 Å². The monoisotopic (exact) mass is 495 g/mol. The van der Waals surface area contributed by atoms with Gasteiger partial charge in [0.1, 0.15) is 5.82 Å². The van der Waals surface area contributed by atoms with E-state index in [1.807, 2.05) is 36.4 Å². The number of thioether (sulfide) groups is 1. The van der Waals surface area contributed by atoms with E-state index in [0.29, 0.717) is 41.1 Å². The van der Waals surface area contributed by atoms with Crippen LogP contribution in [0.25, 0.3) is 6.08 Å². The topological polar surface area (TPSA) is 45.1 Å². The van der Waals surface area contributed by atoms with Gasteiger partial charge >= 0.3 is 0 Å². The highest BCUT2D eigenvalue weighted by Gasteiger charge is 2.37. The number of benzene rings is 2.